The lowest BCUT2D eigenvalue weighted by molar-refractivity contribution is -0.165. The van der Waals surface area contributed by atoms with Crippen LogP contribution in [-0.2, 0) is 18.9 Å². The minimum absolute atomic E-state index is 0.0824. The van der Waals surface area contributed by atoms with E-state index in [4.69, 9.17) is 18.9 Å². The van der Waals surface area contributed by atoms with Gasteiger partial charge in [0.25, 0.3) is 0 Å². The molecular formula is C44H90O4S3. The maximum Gasteiger partial charge on any atom is 0.172 e. The number of rotatable bonds is 42. The van der Waals surface area contributed by atoms with Gasteiger partial charge in [-0.25, -0.2) is 0 Å². The summed E-state index contributed by atoms with van der Waals surface area (Å²) in [6, 6.07) is 0. The molecule has 4 nitrogen and oxygen atoms in total. The molecule has 0 N–H and O–H groups in total. The highest BCUT2D eigenvalue weighted by atomic mass is 33.5. The van der Waals surface area contributed by atoms with Crippen molar-refractivity contribution in [2.24, 2.45) is 0 Å². The van der Waals surface area contributed by atoms with Crippen LogP contribution < -0.4 is 0 Å². The van der Waals surface area contributed by atoms with Gasteiger partial charge in [0.2, 0.25) is 0 Å². The Labute approximate surface area is 332 Å². The maximum absolute atomic E-state index is 6.71. The Bertz CT molecular complexity index is 625. The fraction of sp³-hybridized carbons (Fsp3) is 1.00. The van der Waals surface area contributed by atoms with Gasteiger partial charge in [-0.05, 0) is 61.2 Å². The average molecular weight is 779 g/mol. The van der Waals surface area contributed by atoms with E-state index in [2.05, 4.69) is 77.0 Å². The molecule has 0 aliphatic rings. The molecule has 2 atom stereocenters. The molecule has 0 fully saturated rings. The number of unbranched alkanes of at least 4 members (excludes halogenated alkanes) is 18. The molecule has 51 heavy (non-hydrogen) atoms. The number of hydrogen-bond acceptors (Lipinski definition) is 7. The smallest absolute Gasteiger partial charge is 0.172 e. The van der Waals surface area contributed by atoms with Gasteiger partial charge >= 0.3 is 0 Å². The number of hydrogen-bond donors (Lipinski definition) is 0. The van der Waals surface area contributed by atoms with Crippen LogP contribution in [0, 0.1) is 0 Å². The molecule has 7 heteroatoms. The summed E-state index contributed by atoms with van der Waals surface area (Å²) in [6.07, 6.45) is 34.4. The lowest BCUT2D eigenvalue weighted by atomic mass is 9.95. The van der Waals surface area contributed by atoms with Gasteiger partial charge in [0.05, 0.1) is 9.49 Å². The van der Waals surface area contributed by atoms with E-state index in [0.717, 1.165) is 103 Å². The highest BCUT2D eigenvalue weighted by molar-refractivity contribution is 9.09. The summed E-state index contributed by atoms with van der Waals surface area (Å²) < 4.78 is 26.7. The molecule has 0 saturated heterocycles. The Morgan fingerprint density at radius 3 is 0.843 bits per heavy atom. The fourth-order valence-corrected chi connectivity index (χ4v) is 13.3. The molecule has 0 aromatic heterocycles. The molecular weight excluding hydrogens is 689 g/mol. The molecule has 0 aromatic carbocycles. The molecule has 0 spiro atoms. The summed E-state index contributed by atoms with van der Waals surface area (Å²) in [5, 5.41) is 0. The van der Waals surface area contributed by atoms with E-state index < -0.39 is 0 Å². The topological polar surface area (TPSA) is 36.9 Å². The Morgan fingerprint density at radius 1 is 0.333 bits per heavy atom. The third kappa shape index (κ3) is 25.6. The van der Waals surface area contributed by atoms with E-state index >= 15 is 0 Å². The van der Waals surface area contributed by atoms with Crippen LogP contribution in [0.4, 0.5) is 0 Å². The average Bonchev–Trinajstić information content (AvgIpc) is 3.14. The molecule has 308 valence electrons. The molecule has 0 aliphatic carbocycles. The minimum Gasteiger partial charge on any atom is -0.351 e. The van der Waals surface area contributed by atoms with Crippen LogP contribution in [0.3, 0.4) is 0 Å². The summed E-state index contributed by atoms with van der Waals surface area (Å²) >= 11 is 0. The Morgan fingerprint density at radius 2 is 0.588 bits per heavy atom. The van der Waals surface area contributed by atoms with Gasteiger partial charge in [-0.1, -0.05) is 205 Å². The molecule has 0 aliphatic heterocycles. The molecule has 0 amide bonds. The van der Waals surface area contributed by atoms with Crippen LogP contribution in [0.25, 0.3) is 0 Å². The molecule has 0 rings (SSSR count). The largest absolute Gasteiger partial charge is 0.351 e. The van der Waals surface area contributed by atoms with Crippen molar-refractivity contribution < 1.29 is 18.9 Å². The van der Waals surface area contributed by atoms with Gasteiger partial charge in [-0.15, -0.1) is 0 Å². The molecule has 0 radical (unpaired) electrons. The maximum atomic E-state index is 6.71. The first-order valence-corrected chi connectivity index (χ1v) is 26.0. The van der Waals surface area contributed by atoms with Crippen molar-refractivity contribution in [1.82, 2.24) is 0 Å². The van der Waals surface area contributed by atoms with Crippen molar-refractivity contribution >= 4 is 31.4 Å². The van der Waals surface area contributed by atoms with Crippen LogP contribution in [-0.4, -0.2) is 48.5 Å². The molecule has 0 bridgehead atoms. The Kier molecular flexibility index (Phi) is 38.5. The molecule has 0 aromatic rings. The van der Waals surface area contributed by atoms with Gasteiger partial charge < -0.3 is 18.9 Å². The number of ether oxygens (including phenoxy) is 4. The normalized spacial score (nSPS) is 14.5. The third-order valence-electron chi connectivity index (χ3n) is 10.4. The second-order valence-electron chi connectivity index (χ2n) is 15.1. The summed E-state index contributed by atoms with van der Waals surface area (Å²) in [7, 11) is 6.11. The van der Waals surface area contributed by atoms with Crippen LogP contribution in [0.15, 0.2) is 0 Å². The van der Waals surface area contributed by atoms with Crippen molar-refractivity contribution in [3.05, 3.63) is 0 Å². The van der Waals surface area contributed by atoms with E-state index in [1.165, 1.54) is 103 Å². The second-order valence-corrected chi connectivity index (χ2v) is 19.8. The van der Waals surface area contributed by atoms with Gasteiger partial charge in [-0.3, -0.25) is 0 Å². The quantitative estimate of drug-likeness (QED) is 0.0347. The SMILES string of the molecule is CCCCCCCCCCC(CC)(SSSC(CC)(CCCCCCCCCC)C(OCCCC)OCCCC)C(OCCCC)OCCCC. The molecule has 2 unspecified atom stereocenters. The van der Waals surface area contributed by atoms with Crippen LogP contribution >= 0.6 is 31.4 Å². The first-order valence-electron chi connectivity index (χ1n) is 22.5. The fourth-order valence-electron chi connectivity index (χ4n) is 6.51. The standard InChI is InChI=1S/C44H90O4S3/c1-9-17-23-25-27-29-31-33-35-43(15-7,41(45-37-19-11-3)46-38-20-12-4)49-51-50-44(16-8,36-34-32-30-28-26-24-18-10-2)42(47-39-21-13-5)48-40-22-14-6/h41-42H,9-40H2,1-8H3. The zero-order chi connectivity index (χ0) is 37.7. The van der Waals surface area contributed by atoms with E-state index in [0.29, 0.717) is 0 Å². The van der Waals surface area contributed by atoms with Crippen molar-refractivity contribution in [2.75, 3.05) is 26.4 Å². The summed E-state index contributed by atoms with van der Waals surface area (Å²) in [5.41, 5.74) is 0. The minimum atomic E-state index is -0.176. The lowest BCUT2D eigenvalue weighted by Gasteiger charge is -2.41. The lowest BCUT2D eigenvalue weighted by Crippen LogP contribution is -2.44. The van der Waals surface area contributed by atoms with Crippen molar-refractivity contribution in [3.8, 4) is 0 Å². The first kappa shape index (κ1) is 51.9. The van der Waals surface area contributed by atoms with Crippen molar-refractivity contribution in [2.45, 2.75) is 257 Å². The summed E-state index contributed by atoms with van der Waals surface area (Å²) in [4.78, 5) is 0. The van der Waals surface area contributed by atoms with Gasteiger partial charge in [0.1, 0.15) is 0 Å². The van der Waals surface area contributed by atoms with E-state index in [-0.39, 0.29) is 22.1 Å². The highest BCUT2D eigenvalue weighted by Gasteiger charge is 2.44. The Balaban J connectivity index is 6.10. The highest BCUT2D eigenvalue weighted by Crippen LogP contribution is 2.57. The van der Waals surface area contributed by atoms with Crippen molar-refractivity contribution in [3.63, 3.8) is 0 Å². The predicted octanol–water partition coefficient (Wildman–Crippen LogP) is 16.3. The van der Waals surface area contributed by atoms with Crippen LogP contribution in [0.2, 0.25) is 0 Å². The third-order valence-corrected chi connectivity index (χ3v) is 16.2. The van der Waals surface area contributed by atoms with Gasteiger partial charge in [0.15, 0.2) is 12.6 Å². The van der Waals surface area contributed by atoms with Gasteiger partial charge in [0, 0.05) is 26.4 Å². The van der Waals surface area contributed by atoms with Gasteiger partial charge in [-0.2, -0.15) is 0 Å². The van der Waals surface area contributed by atoms with Crippen molar-refractivity contribution in [1.29, 1.82) is 0 Å². The van der Waals surface area contributed by atoms with E-state index in [9.17, 15) is 0 Å². The second kappa shape index (κ2) is 37.8. The predicted molar refractivity (Wildman–Crippen MR) is 234 cm³/mol. The Hall–Kier alpha value is 0.890. The first-order chi connectivity index (χ1) is 25.0. The monoisotopic (exact) mass is 779 g/mol. The van der Waals surface area contributed by atoms with E-state index in [1.54, 1.807) is 0 Å². The van der Waals surface area contributed by atoms with E-state index in [1.807, 2.05) is 9.83 Å². The molecule has 0 saturated carbocycles. The van der Waals surface area contributed by atoms with Crippen LogP contribution in [0.1, 0.15) is 235 Å². The zero-order valence-electron chi connectivity index (χ0n) is 35.6. The molecule has 0 heterocycles. The summed E-state index contributed by atoms with van der Waals surface area (Å²) in [5.74, 6) is 0. The summed E-state index contributed by atoms with van der Waals surface area (Å²) in [6.45, 7) is 21.5. The zero-order valence-corrected chi connectivity index (χ0v) is 38.1. The van der Waals surface area contributed by atoms with Crippen LogP contribution in [0.5, 0.6) is 0 Å².